The second-order valence-electron chi connectivity index (χ2n) is 8.05. The molecule has 31 heavy (non-hydrogen) atoms. The SMILES string of the molecule is CCn1cc(C(=O)N=C2C=CC3C(=C2)NC(=O)C=C3C(C)C)c(=O)c2ccc(C)nc21. The summed E-state index contributed by atoms with van der Waals surface area (Å²) in [6.07, 6.45) is 8.52. The summed E-state index contributed by atoms with van der Waals surface area (Å²) in [4.78, 5) is 46.5. The normalized spacial score (nSPS) is 19.3. The fraction of sp³-hybridized carbons (Fsp3) is 0.292. The van der Waals surface area contributed by atoms with Crippen LogP contribution in [0.25, 0.3) is 11.0 Å². The van der Waals surface area contributed by atoms with Crippen LogP contribution in [0, 0.1) is 18.8 Å². The number of rotatable bonds is 3. The number of aromatic nitrogens is 2. The van der Waals surface area contributed by atoms with Crippen molar-refractivity contribution in [3.8, 4) is 0 Å². The maximum Gasteiger partial charge on any atom is 0.283 e. The van der Waals surface area contributed by atoms with E-state index in [1.165, 1.54) is 6.20 Å². The third-order valence-electron chi connectivity index (χ3n) is 5.55. The van der Waals surface area contributed by atoms with Crippen LogP contribution in [0.15, 0.2) is 63.7 Å². The summed E-state index contributed by atoms with van der Waals surface area (Å²) in [6, 6.07) is 3.45. The van der Waals surface area contributed by atoms with Gasteiger partial charge in [-0.15, -0.1) is 0 Å². The summed E-state index contributed by atoms with van der Waals surface area (Å²) >= 11 is 0. The Kier molecular flexibility index (Phi) is 5.27. The molecule has 1 unspecified atom stereocenters. The van der Waals surface area contributed by atoms with Crippen molar-refractivity contribution in [2.24, 2.45) is 16.8 Å². The van der Waals surface area contributed by atoms with E-state index in [0.29, 0.717) is 29.0 Å². The van der Waals surface area contributed by atoms with Gasteiger partial charge in [0, 0.05) is 36.1 Å². The van der Waals surface area contributed by atoms with Crippen LogP contribution in [-0.4, -0.2) is 27.1 Å². The second kappa shape index (κ2) is 7.91. The molecule has 1 aliphatic carbocycles. The van der Waals surface area contributed by atoms with E-state index >= 15 is 0 Å². The van der Waals surface area contributed by atoms with Gasteiger partial charge in [-0.1, -0.05) is 19.9 Å². The lowest BCUT2D eigenvalue weighted by Gasteiger charge is -2.29. The zero-order valence-corrected chi connectivity index (χ0v) is 18.0. The smallest absolute Gasteiger partial charge is 0.283 e. The Balaban J connectivity index is 1.73. The van der Waals surface area contributed by atoms with Crippen LogP contribution in [0.5, 0.6) is 0 Å². The maximum atomic E-state index is 12.9. The van der Waals surface area contributed by atoms with Crippen molar-refractivity contribution in [1.29, 1.82) is 0 Å². The number of hydrogen-bond donors (Lipinski definition) is 1. The first-order valence-electron chi connectivity index (χ1n) is 10.3. The molecule has 2 amide bonds. The second-order valence-corrected chi connectivity index (χ2v) is 8.05. The molecule has 158 valence electrons. The Morgan fingerprint density at radius 1 is 1.26 bits per heavy atom. The molecule has 0 saturated heterocycles. The van der Waals surface area contributed by atoms with E-state index in [1.807, 2.05) is 33.8 Å². The number of carbonyl (C=O) groups is 2. The molecular weight excluding hydrogens is 392 g/mol. The highest BCUT2D eigenvalue weighted by atomic mass is 16.2. The number of pyridine rings is 2. The molecule has 0 radical (unpaired) electrons. The van der Waals surface area contributed by atoms with Crippen molar-refractivity contribution in [2.75, 3.05) is 0 Å². The molecule has 1 N–H and O–H groups in total. The lowest BCUT2D eigenvalue weighted by atomic mass is 9.82. The Bertz CT molecular complexity index is 1290. The highest BCUT2D eigenvalue weighted by Crippen LogP contribution is 2.31. The van der Waals surface area contributed by atoms with Crippen LogP contribution in [0.2, 0.25) is 0 Å². The molecule has 0 fully saturated rings. The van der Waals surface area contributed by atoms with E-state index in [-0.39, 0.29) is 28.7 Å². The van der Waals surface area contributed by atoms with E-state index in [1.54, 1.807) is 34.9 Å². The number of allylic oxidation sites excluding steroid dienone is 3. The number of carbonyl (C=O) groups excluding carboxylic acids is 2. The predicted octanol–water partition coefficient (Wildman–Crippen LogP) is 3.09. The molecule has 0 bridgehead atoms. The molecule has 0 saturated carbocycles. The van der Waals surface area contributed by atoms with Crippen LogP contribution in [0.3, 0.4) is 0 Å². The molecule has 0 aromatic carbocycles. The van der Waals surface area contributed by atoms with Gasteiger partial charge in [-0.05, 0) is 49.6 Å². The summed E-state index contributed by atoms with van der Waals surface area (Å²) in [5.74, 6) is -0.632. The van der Waals surface area contributed by atoms with Gasteiger partial charge in [-0.2, -0.15) is 0 Å². The number of nitrogens with one attached hydrogen (secondary N) is 1. The van der Waals surface area contributed by atoms with Crippen LogP contribution in [-0.2, 0) is 11.3 Å². The molecule has 3 heterocycles. The van der Waals surface area contributed by atoms with Crippen molar-refractivity contribution < 1.29 is 9.59 Å². The van der Waals surface area contributed by atoms with Crippen molar-refractivity contribution in [2.45, 2.75) is 34.2 Å². The van der Waals surface area contributed by atoms with Crippen molar-refractivity contribution >= 4 is 28.6 Å². The molecule has 1 aliphatic heterocycles. The zero-order valence-electron chi connectivity index (χ0n) is 18.0. The van der Waals surface area contributed by atoms with Gasteiger partial charge in [0.05, 0.1) is 11.1 Å². The van der Waals surface area contributed by atoms with Crippen LogP contribution < -0.4 is 10.7 Å². The van der Waals surface area contributed by atoms with Gasteiger partial charge >= 0.3 is 0 Å². The van der Waals surface area contributed by atoms with Gasteiger partial charge < -0.3 is 9.88 Å². The molecule has 0 spiro atoms. The summed E-state index contributed by atoms with van der Waals surface area (Å²) in [7, 11) is 0. The van der Waals surface area contributed by atoms with Gasteiger partial charge in [0.25, 0.3) is 5.91 Å². The van der Waals surface area contributed by atoms with Gasteiger partial charge in [0.1, 0.15) is 11.2 Å². The lowest BCUT2D eigenvalue weighted by Crippen LogP contribution is -2.34. The number of nitrogens with zero attached hydrogens (tertiary/aromatic N) is 3. The lowest BCUT2D eigenvalue weighted by molar-refractivity contribution is -0.116. The van der Waals surface area contributed by atoms with Crippen molar-refractivity contribution in [3.63, 3.8) is 0 Å². The monoisotopic (exact) mass is 416 g/mol. The maximum absolute atomic E-state index is 12.9. The summed E-state index contributed by atoms with van der Waals surface area (Å²) in [5.41, 5.74) is 3.06. The molecule has 1 atom stereocenters. The van der Waals surface area contributed by atoms with E-state index in [0.717, 1.165) is 11.3 Å². The largest absolute Gasteiger partial charge is 0.332 e. The van der Waals surface area contributed by atoms with Crippen molar-refractivity contribution in [1.82, 2.24) is 14.9 Å². The quantitative estimate of drug-likeness (QED) is 0.832. The minimum atomic E-state index is -0.619. The minimum absolute atomic E-state index is 0.00290. The number of aliphatic imine (C=N–C) groups is 1. The van der Waals surface area contributed by atoms with Crippen LogP contribution in [0.1, 0.15) is 36.8 Å². The standard InChI is InChI=1S/C24H24N4O3/c1-5-28-12-19(22(30)17-8-6-14(4)25-23(17)28)24(31)26-15-7-9-16-18(13(2)3)11-21(29)27-20(16)10-15/h6-13,16H,5H2,1-4H3,(H,27,29). The molecular formula is C24H24N4O3. The zero-order chi connectivity index (χ0) is 22.3. The number of amides is 2. The molecule has 7 heteroatoms. The first-order chi connectivity index (χ1) is 14.8. The predicted molar refractivity (Wildman–Crippen MR) is 120 cm³/mol. The first-order valence-corrected chi connectivity index (χ1v) is 10.3. The van der Waals surface area contributed by atoms with E-state index in [4.69, 9.17) is 0 Å². The number of fused-ring (bicyclic) bond motifs is 2. The molecule has 4 rings (SSSR count). The molecule has 2 aliphatic rings. The highest BCUT2D eigenvalue weighted by molar-refractivity contribution is 6.14. The van der Waals surface area contributed by atoms with Crippen LogP contribution >= 0.6 is 0 Å². The number of aryl methyl sites for hydroxylation is 2. The first kappa shape index (κ1) is 20.7. The summed E-state index contributed by atoms with van der Waals surface area (Å²) < 4.78 is 1.78. The fourth-order valence-electron chi connectivity index (χ4n) is 3.95. The molecule has 2 aromatic rings. The van der Waals surface area contributed by atoms with Gasteiger partial charge in [0.15, 0.2) is 0 Å². The minimum Gasteiger partial charge on any atom is -0.332 e. The summed E-state index contributed by atoms with van der Waals surface area (Å²) in [5, 5.41) is 3.22. The van der Waals surface area contributed by atoms with E-state index in [2.05, 4.69) is 15.3 Å². The van der Waals surface area contributed by atoms with E-state index < -0.39 is 5.91 Å². The molecule has 7 nitrogen and oxygen atoms in total. The van der Waals surface area contributed by atoms with E-state index in [9.17, 15) is 14.4 Å². The average Bonchev–Trinajstić information content (AvgIpc) is 2.73. The number of hydrogen-bond acceptors (Lipinski definition) is 4. The third kappa shape index (κ3) is 3.79. The fourth-order valence-corrected chi connectivity index (χ4v) is 3.95. The topological polar surface area (TPSA) is 93.4 Å². The van der Waals surface area contributed by atoms with Gasteiger partial charge in [-0.25, -0.2) is 9.98 Å². The Hall–Kier alpha value is -3.61. The van der Waals surface area contributed by atoms with Crippen molar-refractivity contribution in [3.05, 3.63) is 75.4 Å². The van der Waals surface area contributed by atoms with Gasteiger partial charge in [-0.3, -0.25) is 14.4 Å². The average molecular weight is 416 g/mol. The highest BCUT2D eigenvalue weighted by Gasteiger charge is 2.28. The Morgan fingerprint density at radius 3 is 2.74 bits per heavy atom. The molecule has 2 aromatic heterocycles. The Labute approximate surface area is 179 Å². The third-order valence-corrected chi connectivity index (χ3v) is 5.55. The summed E-state index contributed by atoms with van der Waals surface area (Å²) in [6.45, 7) is 8.42. The Morgan fingerprint density at radius 2 is 2.03 bits per heavy atom. The van der Waals surface area contributed by atoms with Crippen LogP contribution in [0.4, 0.5) is 0 Å². The van der Waals surface area contributed by atoms with Gasteiger partial charge in [0.2, 0.25) is 11.3 Å².